The summed E-state index contributed by atoms with van der Waals surface area (Å²) >= 11 is 0. The van der Waals surface area contributed by atoms with Gasteiger partial charge in [-0.3, -0.25) is 4.90 Å². The molecule has 0 spiro atoms. The SMILES string of the molecule is CCN(CC)Cc1cccc(/C=C/C(=O)O)c1. The van der Waals surface area contributed by atoms with Crippen molar-refractivity contribution in [2.75, 3.05) is 13.1 Å². The van der Waals surface area contributed by atoms with Gasteiger partial charge in [-0.25, -0.2) is 4.79 Å². The van der Waals surface area contributed by atoms with Crippen LogP contribution in [0.2, 0.25) is 0 Å². The van der Waals surface area contributed by atoms with E-state index in [-0.39, 0.29) is 0 Å². The van der Waals surface area contributed by atoms with Crippen LogP contribution in [0.5, 0.6) is 0 Å². The van der Waals surface area contributed by atoms with Gasteiger partial charge >= 0.3 is 5.97 Å². The molecule has 17 heavy (non-hydrogen) atoms. The molecule has 1 aromatic carbocycles. The average molecular weight is 233 g/mol. The quantitative estimate of drug-likeness (QED) is 0.768. The summed E-state index contributed by atoms with van der Waals surface area (Å²) in [6, 6.07) is 7.96. The van der Waals surface area contributed by atoms with Gasteiger partial charge in [0.1, 0.15) is 0 Å². The van der Waals surface area contributed by atoms with Gasteiger partial charge in [-0.1, -0.05) is 38.1 Å². The first kappa shape index (κ1) is 13.5. The predicted molar refractivity (Wildman–Crippen MR) is 69.7 cm³/mol. The summed E-state index contributed by atoms with van der Waals surface area (Å²) in [6.45, 7) is 7.22. The van der Waals surface area contributed by atoms with Crippen molar-refractivity contribution in [1.82, 2.24) is 4.90 Å². The monoisotopic (exact) mass is 233 g/mol. The van der Waals surface area contributed by atoms with Gasteiger partial charge in [0, 0.05) is 12.6 Å². The van der Waals surface area contributed by atoms with E-state index in [0.29, 0.717) is 0 Å². The predicted octanol–water partition coefficient (Wildman–Crippen LogP) is 2.63. The fraction of sp³-hybridized carbons (Fsp3) is 0.357. The molecular formula is C14H19NO2. The molecule has 1 rings (SSSR count). The molecule has 0 saturated heterocycles. The van der Waals surface area contributed by atoms with Gasteiger partial charge in [0.2, 0.25) is 0 Å². The summed E-state index contributed by atoms with van der Waals surface area (Å²) in [5, 5.41) is 8.57. The highest BCUT2D eigenvalue weighted by atomic mass is 16.4. The van der Waals surface area contributed by atoms with Crippen LogP contribution in [0.3, 0.4) is 0 Å². The summed E-state index contributed by atoms with van der Waals surface area (Å²) in [5.41, 5.74) is 2.14. The Morgan fingerprint density at radius 1 is 1.35 bits per heavy atom. The number of aliphatic carboxylic acids is 1. The standard InChI is InChI=1S/C14H19NO2/c1-3-15(4-2)11-13-7-5-6-12(10-13)8-9-14(16)17/h5-10H,3-4,11H2,1-2H3,(H,16,17)/b9-8+. The van der Waals surface area contributed by atoms with Gasteiger partial charge in [0.25, 0.3) is 0 Å². The summed E-state index contributed by atoms with van der Waals surface area (Å²) in [7, 11) is 0. The van der Waals surface area contributed by atoms with Crippen molar-refractivity contribution < 1.29 is 9.90 Å². The van der Waals surface area contributed by atoms with Crippen molar-refractivity contribution in [2.24, 2.45) is 0 Å². The minimum Gasteiger partial charge on any atom is -0.478 e. The molecule has 92 valence electrons. The molecular weight excluding hydrogens is 214 g/mol. The molecule has 0 amide bonds. The fourth-order valence-corrected chi connectivity index (χ4v) is 1.67. The van der Waals surface area contributed by atoms with E-state index in [1.165, 1.54) is 5.56 Å². The zero-order chi connectivity index (χ0) is 12.7. The fourth-order valence-electron chi connectivity index (χ4n) is 1.67. The summed E-state index contributed by atoms with van der Waals surface area (Å²) < 4.78 is 0. The van der Waals surface area contributed by atoms with E-state index in [2.05, 4.69) is 24.8 Å². The summed E-state index contributed by atoms with van der Waals surface area (Å²) in [5.74, 6) is -0.917. The molecule has 1 aromatic rings. The molecule has 1 N–H and O–H groups in total. The van der Waals surface area contributed by atoms with Crippen molar-refractivity contribution in [3.05, 3.63) is 41.5 Å². The molecule has 0 aliphatic rings. The highest BCUT2D eigenvalue weighted by molar-refractivity contribution is 5.85. The Kier molecular flexibility index (Phi) is 5.43. The van der Waals surface area contributed by atoms with Gasteiger partial charge in [0.15, 0.2) is 0 Å². The zero-order valence-electron chi connectivity index (χ0n) is 10.4. The number of benzene rings is 1. The van der Waals surface area contributed by atoms with Gasteiger partial charge in [-0.2, -0.15) is 0 Å². The van der Waals surface area contributed by atoms with Crippen LogP contribution in [0.15, 0.2) is 30.3 Å². The van der Waals surface area contributed by atoms with Crippen molar-refractivity contribution in [2.45, 2.75) is 20.4 Å². The number of carboxylic acid groups (broad SMARTS) is 1. The second-order valence-electron chi connectivity index (χ2n) is 3.88. The Labute approximate surface area is 102 Å². The third-order valence-corrected chi connectivity index (χ3v) is 2.67. The molecule has 3 heteroatoms. The zero-order valence-corrected chi connectivity index (χ0v) is 10.4. The lowest BCUT2D eigenvalue weighted by Gasteiger charge is -2.18. The van der Waals surface area contributed by atoms with Crippen LogP contribution in [-0.4, -0.2) is 29.1 Å². The van der Waals surface area contributed by atoms with E-state index >= 15 is 0 Å². The maximum absolute atomic E-state index is 10.4. The number of rotatable bonds is 6. The molecule has 0 aromatic heterocycles. The average Bonchev–Trinajstić information content (AvgIpc) is 2.34. The summed E-state index contributed by atoms with van der Waals surface area (Å²) in [6.07, 6.45) is 2.78. The number of carboxylic acids is 1. The van der Waals surface area contributed by atoms with Crippen LogP contribution in [0.1, 0.15) is 25.0 Å². The van der Waals surface area contributed by atoms with Crippen molar-refractivity contribution in [1.29, 1.82) is 0 Å². The van der Waals surface area contributed by atoms with Gasteiger partial charge in [-0.05, 0) is 30.3 Å². The number of carbonyl (C=O) groups is 1. The molecule has 0 bridgehead atoms. The van der Waals surface area contributed by atoms with E-state index in [1.807, 2.05) is 18.2 Å². The van der Waals surface area contributed by atoms with Gasteiger partial charge in [0.05, 0.1) is 0 Å². The first-order valence-corrected chi connectivity index (χ1v) is 5.88. The Hall–Kier alpha value is -1.61. The van der Waals surface area contributed by atoms with Gasteiger partial charge < -0.3 is 5.11 Å². The smallest absolute Gasteiger partial charge is 0.328 e. The summed E-state index contributed by atoms with van der Waals surface area (Å²) in [4.78, 5) is 12.8. The third-order valence-electron chi connectivity index (χ3n) is 2.67. The first-order chi connectivity index (χ1) is 8.15. The highest BCUT2D eigenvalue weighted by Gasteiger charge is 2.01. The molecule has 0 saturated carbocycles. The maximum Gasteiger partial charge on any atom is 0.328 e. The van der Waals surface area contributed by atoms with Crippen LogP contribution < -0.4 is 0 Å². The maximum atomic E-state index is 10.4. The minimum atomic E-state index is -0.917. The lowest BCUT2D eigenvalue weighted by Crippen LogP contribution is -2.22. The largest absolute Gasteiger partial charge is 0.478 e. The number of hydrogen-bond donors (Lipinski definition) is 1. The van der Waals surface area contributed by atoms with Crippen LogP contribution in [0.25, 0.3) is 6.08 Å². The topological polar surface area (TPSA) is 40.5 Å². The van der Waals surface area contributed by atoms with E-state index in [0.717, 1.165) is 31.3 Å². The normalized spacial score (nSPS) is 11.2. The first-order valence-electron chi connectivity index (χ1n) is 5.88. The molecule has 0 aliphatic heterocycles. The molecule has 0 heterocycles. The van der Waals surface area contributed by atoms with Crippen LogP contribution in [0.4, 0.5) is 0 Å². The van der Waals surface area contributed by atoms with Crippen molar-refractivity contribution in [3.63, 3.8) is 0 Å². The number of nitrogens with zero attached hydrogens (tertiary/aromatic N) is 1. The van der Waals surface area contributed by atoms with Crippen molar-refractivity contribution >= 4 is 12.0 Å². The van der Waals surface area contributed by atoms with Gasteiger partial charge in [-0.15, -0.1) is 0 Å². The Balaban J connectivity index is 2.75. The van der Waals surface area contributed by atoms with Crippen molar-refractivity contribution in [3.8, 4) is 0 Å². The molecule has 3 nitrogen and oxygen atoms in total. The Morgan fingerprint density at radius 3 is 2.65 bits per heavy atom. The second-order valence-corrected chi connectivity index (χ2v) is 3.88. The molecule has 0 atom stereocenters. The number of hydrogen-bond acceptors (Lipinski definition) is 2. The molecule has 0 unspecified atom stereocenters. The van der Waals surface area contributed by atoms with Crippen LogP contribution in [0, 0.1) is 0 Å². The van der Waals surface area contributed by atoms with Crippen LogP contribution in [-0.2, 0) is 11.3 Å². The lowest BCUT2D eigenvalue weighted by molar-refractivity contribution is -0.131. The van der Waals surface area contributed by atoms with E-state index in [4.69, 9.17) is 5.11 Å². The molecule has 0 aliphatic carbocycles. The molecule has 0 fully saturated rings. The Bertz CT molecular complexity index is 395. The minimum absolute atomic E-state index is 0.905. The lowest BCUT2D eigenvalue weighted by atomic mass is 10.1. The second kappa shape index (κ2) is 6.86. The van der Waals surface area contributed by atoms with Crippen LogP contribution >= 0.6 is 0 Å². The third kappa shape index (κ3) is 4.83. The Morgan fingerprint density at radius 2 is 2.06 bits per heavy atom. The van der Waals surface area contributed by atoms with E-state index < -0.39 is 5.97 Å². The highest BCUT2D eigenvalue weighted by Crippen LogP contribution is 2.09. The van der Waals surface area contributed by atoms with E-state index in [1.54, 1.807) is 6.08 Å². The molecule has 0 radical (unpaired) electrons. The van der Waals surface area contributed by atoms with E-state index in [9.17, 15) is 4.79 Å².